The largest absolute Gasteiger partial charge is 0.465 e. The average Bonchev–Trinajstić information content (AvgIpc) is 2.67. The molecular weight excluding hydrogens is 244 g/mol. The highest BCUT2D eigenvalue weighted by Crippen LogP contribution is 2.18. The molecule has 0 aliphatic rings. The molecule has 1 rings (SSSR count). The van der Waals surface area contributed by atoms with E-state index in [4.69, 9.17) is 4.42 Å². The standard InChI is InChI=1S/C14H26N2OS/c1-6-13(10-18-5)16(4)9-14-7-12(8-15-3)11(2)17-14/h7,13,15H,6,8-10H2,1-5H3. The molecule has 0 fully saturated rings. The van der Waals surface area contributed by atoms with Gasteiger partial charge >= 0.3 is 0 Å². The third kappa shape index (κ3) is 4.34. The van der Waals surface area contributed by atoms with Crippen molar-refractivity contribution in [2.24, 2.45) is 0 Å². The van der Waals surface area contributed by atoms with Crippen LogP contribution in [0.4, 0.5) is 0 Å². The first-order chi connectivity index (χ1) is 8.62. The summed E-state index contributed by atoms with van der Waals surface area (Å²) >= 11 is 1.91. The molecule has 18 heavy (non-hydrogen) atoms. The maximum Gasteiger partial charge on any atom is 0.118 e. The lowest BCUT2D eigenvalue weighted by molar-refractivity contribution is 0.227. The molecule has 0 radical (unpaired) electrons. The lowest BCUT2D eigenvalue weighted by Crippen LogP contribution is -2.32. The molecule has 1 aromatic heterocycles. The van der Waals surface area contributed by atoms with E-state index in [0.717, 1.165) is 24.6 Å². The van der Waals surface area contributed by atoms with Gasteiger partial charge in [-0.1, -0.05) is 6.92 Å². The summed E-state index contributed by atoms with van der Waals surface area (Å²) < 4.78 is 5.82. The van der Waals surface area contributed by atoms with Gasteiger partial charge in [-0.15, -0.1) is 0 Å². The van der Waals surface area contributed by atoms with Crippen LogP contribution in [0.5, 0.6) is 0 Å². The number of nitrogens with zero attached hydrogens (tertiary/aromatic N) is 1. The van der Waals surface area contributed by atoms with Crippen molar-refractivity contribution in [3.05, 3.63) is 23.2 Å². The van der Waals surface area contributed by atoms with E-state index in [-0.39, 0.29) is 0 Å². The SMILES string of the molecule is CCC(CSC)N(C)Cc1cc(CNC)c(C)o1. The van der Waals surface area contributed by atoms with Crippen molar-refractivity contribution >= 4 is 11.8 Å². The summed E-state index contributed by atoms with van der Waals surface area (Å²) in [5, 5.41) is 3.17. The maximum atomic E-state index is 5.82. The summed E-state index contributed by atoms with van der Waals surface area (Å²) in [4.78, 5) is 2.39. The molecule has 1 N–H and O–H groups in total. The zero-order valence-electron chi connectivity index (χ0n) is 12.2. The van der Waals surface area contributed by atoms with E-state index in [9.17, 15) is 0 Å². The Morgan fingerprint density at radius 2 is 2.22 bits per heavy atom. The van der Waals surface area contributed by atoms with Crippen LogP contribution in [-0.2, 0) is 13.1 Å². The van der Waals surface area contributed by atoms with Gasteiger partial charge in [-0.05, 0) is 39.8 Å². The third-order valence-electron chi connectivity index (χ3n) is 3.30. The molecule has 1 heterocycles. The molecule has 1 aromatic rings. The van der Waals surface area contributed by atoms with Crippen molar-refractivity contribution in [3.8, 4) is 0 Å². The van der Waals surface area contributed by atoms with Crippen molar-refractivity contribution in [1.82, 2.24) is 10.2 Å². The predicted molar refractivity (Wildman–Crippen MR) is 80.1 cm³/mol. The molecule has 4 heteroatoms. The van der Waals surface area contributed by atoms with E-state index in [2.05, 4.69) is 36.5 Å². The summed E-state index contributed by atoms with van der Waals surface area (Å²) in [6, 6.07) is 2.80. The Morgan fingerprint density at radius 1 is 1.50 bits per heavy atom. The average molecular weight is 270 g/mol. The van der Waals surface area contributed by atoms with Crippen LogP contribution in [0.15, 0.2) is 10.5 Å². The lowest BCUT2D eigenvalue weighted by Gasteiger charge is -2.25. The second-order valence-electron chi connectivity index (χ2n) is 4.76. The van der Waals surface area contributed by atoms with Crippen LogP contribution in [0.1, 0.15) is 30.4 Å². The van der Waals surface area contributed by atoms with Crippen molar-refractivity contribution in [2.75, 3.05) is 26.1 Å². The highest BCUT2D eigenvalue weighted by molar-refractivity contribution is 7.98. The van der Waals surface area contributed by atoms with E-state index in [1.54, 1.807) is 0 Å². The minimum atomic E-state index is 0.623. The number of nitrogens with one attached hydrogen (secondary N) is 1. The quantitative estimate of drug-likeness (QED) is 0.786. The van der Waals surface area contributed by atoms with E-state index in [1.807, 2.05) is 25.7 Å². The summed E-state index contributed by atoms with van der Waals surface area (Å²) in [7, 11) is 4.14. The maximum absolute atomic E-state index is 5.82. The molecule has 0 bridgehead atoms. The Bertz CT molecular complexity index is 352. The number of rotatable bonds is 8. The van der Waals surface area contributed by atoms with E-state index >= 15 is 0 Å². The third-order valence-corrected chi connectivity index (χ3v) is 4.02. The Labute approximate surface area is 115 Å². The van der Waals surface area contributed by atoms with Gasteiger partial charge in [-0.3, -0.25) is 4.90 Å². The lowest BCUT2D eigenvalue weighted by atomic mass is 10.2. The number of aryl methyl sites for hydroxylation is 1. The van der Waals surface area contributed by atoms with Crippen molar-refractivity contribution in [2.45, 2.75) is 39.4 Å². The van der Waals surface area contributed by atoms with Gasteiger partial charge in [0.15, 0.2) is 0 Å². The fourth-order valence-corrected chi connectivity index (χ4v) is 3.03. The fourth-order valence-electron chi connectivity index (χ4n) is 2.16. The van der Waals surface area contributed by atoms with Gasteiger partial charge in [-0.25, -0.2) is 0 Å². The first-order valence-electron chi connectivity index (χ1n) is 6.54. The van der Waals surface area contributed by atoms with Gasteiger partial charge in [-0.2, -0.15) is 11.8 Å². The molecule has 104 valence electrons. The van der Waals surface area contributed by atoms with Crippen molar-refractivity contribution < 1.29 is 4.42 Å². The zero-order chi connectivity index (χ0) is 13.5. The number of furan rings is 1. The van der Waals surface area contributed by atoms with Gasteiger partial charge in [0.25, 0.3) is 0 Å². The molecular formula is C14H26N2OS. The zero-order valence-corrected chi connectivity index (χ0v) is 13.1. The second-order valence-corrected chi connectivity index (χ2v) is 5.67. The molecule has 0 saturated carbocycles. The Morgan fingerprint density at radius 3 is 2.78 bits per heavy atom. The minimum absolute atomic E-state index is 0.623. The van der Waals surface area contributed by atoms with Gasteiger partial charge < -0.3 is 9.73 Å². The van der Waals surface area contributed by atoms with Crippen LogP contribution >= 0.6 is 11.8 Å². The van der Waals surface area contributed by atoms with Crippen LogP contribution in [0.25, 0.3) is 0 Å². The molecule has 0 spiro atoms. The molecule has 0 amide bonds. The van der Waals surface area contributed by atoms with Gasteiger partial charge in [0, 0.05) is 23.9 Å². The molecule has 1 atom stereocenters. The minimum Gasteiger partial charge on any atom is -0.465 e. The molecule has 3 nitrogen and oxygen atoms in total. The topological polar surface area (TPSA) is 28.4 Å². The first-order valence-corrected chi connectivity index (χ1v) is 7.93. The number of hydrogen-bond acceptors (Lipinski definition) is 4. The van der Waals surface area contributed by atoms with Crippen molar-refractivity contribution in [3.63, 3.8) is 0 Å². The van der Waals surface area contributed by atoms with Crippen LogP contribution in [0, 0.1) is 6.92 Å². The Kier molecular flexibility index (Phi) is 6.82. The molecule has 0 saturated heterocycles. The fraction of sp³-hybridized carbons (Fsp3) is 0.714. The van der Waals surface area contributed by atoms with E-state index < -0.39 is 0 Å². The molecule has 0 aliphatic heterocycles. The smallest absolute Gasteiger partial charge is 0.118 e. The monoisotopic (exact) mass is 270 g/mol. The van der Waals surface area contributed by atoms with Crippen LogP contribution in [0.2, 0.25) is 0 Å². The molecule has 0 aromatic carbocycles. The van der Waals surface area contributed by atoms with Crippen LogP contribution in [-0.4, -0.2) is 37.0 Å². The highest BCUT2D eigenvalue weighted by Gasteiger charge is 2.15. The van der Waals surface area contributed by atoms with Crippen molar-refractivity contribution in [1.29, 1.82) is 0 Å². The van der Waals surface area contributed by atoms with Gasteiger partial charge in [0.1, 0.15) is 11.5 Å². The Balaban J connectivity index is 2.63. The first kappa shape index (κ1) is 15.6. The van der Waals surface area contributed by atoms with E-state index in [1.165, 1.54) is 17.7 Å². The summed E-state index contributed by atoms with van der Waals surface area (Å²) in [6.45, 7) is 6.05. The number of hydrogen-bond donors (Lipinski definition) is 1. The Hall–Kier alpha value is -0.450. The summed E-state index contributed by atoms with van der Waals surface area (Å²) in [5.41, 5.74) is 1.26. The number of thioether (sulfide) groups is 1. The highest BCUT2D eigenvalue weighted by atomic mass is 32.2. The van der Waals surface area contributed by atoms with Crippen LogP contribution in [0.3, 0.4) is 0 Å². The second kappa shape index (κ2) is 7.87. The van der Waals surface area contributed by atoms with Gasteiger partial charge in [0.05, 0.1) is 6.54 Å². The molecule has 0 aliphatic carbocycles. The predicted octanol–water partition coefficient (Wildman–Crippen LogP) is 2.88. The summed E-state index contributed by atoms with van der Waals surface area (Å²) in [6.07, 6.45) is 3.35. The summed E-state index contributed by atoms with van der Waals surface area (Å²) in [5.74, 6) is 3.28. The van der Waals surface area contributed by atoms with Crippen LogP contribution < -0.4 is 5.32 Å². The normalized spacial score (nSPS) is 13.2. The van der Waals surface area contributed by atoms with E-state index in [0.29, 0.717) is 6.04 Å². The van der Waals surface area contributed by atoms with Gasteiger partial charge in [0.2, 0.25) is 0 Å². The molecule has 1 unspecified atom stereocenters.